The van der Waals surface area contributed by atoms with E-state index in [2.05, 4.69) is 46.3 Å². The first-order valence-electron chi connectivity index (χ1n) is 45.1. The van der Waals surface area contributed by atoms with Gasteiger partial charge in [-0.3, -0.25) is 47.4 Å². The minimum Gasteiger partial charge on any atom is -0.481 e. The third kappa shape index (κ3) is 102. The van der Waals surface area contributed by atoms with Gasteiger partial charge in [-0.15, -0.1) is 5.06 Å². The van der Waals surface area contributed by atoms with Crippen molar-refractivity contribution in [3.05, 3.63) is 77.9 Å². The summed E-state index contributed by atoms with van der Waals surface area (Å²) in [6.45, 7) is 18.7. The number of ether oxygens (including phenoxy) is 16. The third-order valence-electron chi connectivity index (χ3n) is 14.9. The normalized spacial score (nSPS) is 11.3. The average molecular weight is 2180 g/mol. The van der Waals surface area contributed by atoms with Gasteiger partial charge in [0, 0.05) is 82.2 Å². The minimum absolute atomic E-state index is 0.0109. The highest BCUT2D eigenvalue weighted by Crippen LogP contribution is 2.23. The van der Waals surface area contributed by atoms with Crippen LogP contribution in [-0.2, 0) is 156 Å². The van der Waals surface area contributed by atoms with Crippen LogP contribution in [-0.4, -0.2) is 473 Å². The molecule has 2 aliphatic rings. The highest BCUT2D eigenvalue weighted by molar-refractivity contribution is 9.09. The van der Waals surface area contributed by atoms with Crippen LogP contribution in [0.5, 0.6) is 0 Å². The van der Waals surface area contributed by atoms with E-state index in [1.807, 2.05) is 33.8 Å². The number of aldehydes is 1. The molecule has 4 amide bonds. The largest absolute Gasteiger partial charge is 0.501 e. The molecule has 0 aromatic heterocycles. The van der Waals surface area contributed by atoms with E-state index in [4.69, 9.17) is 151 Å². The van der Waals surface area contributed by atoms with Gasteiger partial charge in [0.15, 0.2) is 0 Å². The summed E-state index contributed by atoms with van der Waals surface area (Å²) >= 11 is 3.17. The maximum absolute atomic E-state index is 11.9. The number of aliphatic carboxylic acids is 2. The van der Waals surface area contributed by atoms with Gasteiger partial charge in [0.05, 0.1) is 266 Å². The predicted octanol–water partition coefficient (Wildman–Crippen LogP) is -1.61. The number of nitriles is 1. The number of carboxylic acid groups (broad SMARTS) is 2. The number of carbonyl (C=O) groups excluding carboxylic acids is 10. The van der Waals surface area contributed by atoms with E-state index in [9.17, 15) is 66.0 Å². The molecular weight excluding hydrogens is 2020 g/mol. The lowest BCUT2D eigenvalue weighted by molar-refractivity contribution is -0.197. The van der Waals surface area contributed by atoms with Crippen molar-refractivity contribution in [2.24, 2.45) is 0 Å². The van der Waals surface area contributed by atoms with Gasteiger partial charge in [0.1, 0.15) is 45.9 Å². The molecular formula is C88H152BrN3O49SSi. The molecule has 2 aromatic carbocycles. The lowest BCUT2D eigenvalue weighted by atomic mass is 10.1. The van der Waals surface area contributed by atoms with Crippen molar-refractivity contribution in [3.63, 3.8) is 0 Å². The van der Waals surface area contributed by atoms with Crippen molar-refractivity contribution in [1.82, 2.24) is 9.96 Å². The van der Waals surface area contributed by atoms with Crippen molar-refractivity contribution in [2.75, 3.05) is 303 Å². The number of esters is 4. The van der Waals surface area contributed by atoms with Gasteiger partial charge in [0.25, 0.3) is 33.7 Å². The van der Waals surface area contributed by atoms with Crippen LogP contribution in [0.25, 0.3) is 0 Å². The first kappa shape index (κ1) is 147. The van der Waals surface area contributed by atoms with Crippen LogP contribution in [0.4, 0.5) is 0 Å². The van der Waals surface area contributed by atoms with Gasteiger partial charge in [0.2, 0.25) is 0 Å². The highest BCUT2D eigenvalue weighted by atomic mass is 79.9. The second-order valence-electron chi connectivity index (χ2n) is 26.1. The van der Waals surface area contributed by atoms with Crippen molar-refractivity contribution in [2.45, 2.75) is 103 Å². The number of rotatable bonds is 74. The number of carbonyl (C=O) groups is 12. The number of hydroxylamine groups is 2. The highest BCUT2D eigenvalue weighted by Gasteiger charge is 2.41. The Bertz CT molecular complexity index is 3500. The van der Waals surface area contributed by atoms with Crippen LogP contribution in [0.2, 0.25) is 6.04 Å². The number of alkyl halides is 1. The maximum Gasteiger partial charge on any atom is 0.501 e. The molecule has 0 radical (unpaired) electrons. The fourth-order valence-corrected chi connectivity index (χ4v) is 12.5. The number of hydrogen-bond donors (Lipinski definition) is 14. The molecule has 2 aliphatic heterocycles. The summed E-state index contributed by atoms with van der Waals surface area (Å²) in [5.41, 5.74) is 1.87. The fraction of sp³-hybridized carbons (Fsp3) is 0.693. The lowest BCUT2D eigenvalue weighted by Crippen LogP contribution is -2.46. The zero-order chi connectivity index (χ0) is 109. The second kappa shape index (κ2) is 114. The van der Waals surface area contributed by atoms with Crippen molar-refractivity contribution >= 4 is 107 Å². The van der Waals surface area contributed by atoms with Crippen molar-refractivity contribution < 1.29 is 236 Å². The molecule has 830 valence electrons. The predicted molar refractivity (Wildman–Crippen MR) is 505 cm³/mol. The summed E-state index contributed by atoms with van der Waals surface area (Å²) in [6.07, 6.45) is 2.85. The van der Waals surface area contributed by atoms with Gasteiger partial charge in [-0.1, -0.05) is 52.3 Å². The number of amides is 4. The summed E-state index contributed by atoms with van der Waals surface area (Å²) in [5, 5.41) is 125. The standard InChI is InChI=1S/C13H19NO8.C13H28O7Si.C12H13NO4.C11H16O5S.C9H16O6.C7H12O4.C6H12O5.C5H9NO2.C4H9BrO2.C4H10O3.C4H8O3/c15-6-7-20-8-9-21-12(18)2-1-3-13(19)22-14-10(16)4-5-11(14)17;1-4-18-21(19-5-2,20-6-3)12-7-13(15)17-11-10-16-9-8-14;14-6-8-17-7-5-13-11(15)9-3-1-2-4-10(9)12(13)16;1-10-2-4-11(5-3-10)17(13,14)16-9-8-15-7-6-12;10-4-5-14-6-7-15-9(13)3-1-2-8(11)12;1-2-7(9)11-6-5-10-4-3-8;7-1-2-10-3-4-11-5-6(8)9;6-2-1-4-8-5-3-7;3*5-1-3-7-4-2-6/h15H,1-9H2;14H,4-12H2,1-3H3;1-4,14H,5-8H2;2-5,12H,6-9H2,1H3;10H,1-7H2,(H,11,12);2,8H,1,3-6H2;7H,1-5H2,(H,8,9);7H,1,3-5H2;6H,1-4H2;5-6H,1-4H2;1,6H,2-4H2. The zero-order valence-electron chi connectivity index (χ0n) is 82.0. The number of aryl methyl sites for hydroxylation is 1. The van der Waals surface area contributed by atoms with E-state index in [-0.39, 0.29) is 305 Å². The number of hydrogen-bond acceptors (Lipinski definition) is 48. The molecule has 0 atom stereocenters. The zero-order valence-corrected chi connectivity index (χ0v) is 85.4. The van der Waals surface area contributed by atoms with Crippen LogP contribution >= 0.6 is 15.9 Å². The van der Waals surface area contributed by atoms with Crippen LogP contribution in [0.15, 0.2) is 66.1 Å². The molecule has 143 heavy (non-hydrogen) atoms. The van der Waals surface area contributed by atoms with E-state index in [1.54, 1.807) is 36.4 Å². The number of imide groups is 2. The van der Waals surface area contributed by atoms with Crippen LogP contribution in [0.1, 0.15) is 111 Å². The molecule has 1 fully saturated rings. The Labute approximate surface area is 842 Å². The minimum atomic E-state index is -3.71. The summed E-state index contributed by atoms with van der Waals surface area (Å²) in [5.74, 6) is -6.02. The Morgan fingerprint density at radius 2 is 0.776 bits per heavy atom. The summed E-state index contributed by atoms with van der Waals surface area (Å²) in [4.78, 5) is 137. The van der Waals surface area contributed by atoms with E-state index in [1.165, 1.54) is 17.0 Å². The molecule has 0 spiro atoms. The number of aliphatic hydroxyl groups excluding tert-OH is 12. The second-order valence-corrected chi connectivity index (χ2v) is 31.3. The van der Waals surface area contributed by atoms with Crippen molar-refractivity contribution in [1.29, 1.82) is 5.26 Å². The number of benzene rings is 2. The molecule has 2 aromatic rings. The van der Waals surface area contributed by atoms with Gasteiger partial charge in [-0.2, -0.15) is 13.7 Å². The molecule has 14 N–H and O–H groups in total. The molecule has 0 aliphatic carbocycles. The van der Waals surface area contributed by atoms with E-state index < -0.39 is 66.6 Å². The van der Waals surface area contributed by atoms with Crippen LogP contribution in [0, 0.1) is 18.3 Å². The van der Waals surface area contributed by atoms with Gasteiger partial charge < -0.3 is 170 Å². The Kier molecular flexibility index (Phi) is 117. The first-order valence-corrected chi connectivity index (χ1v) is 49.6. The molecule has 4 rings (SSSR count). The molecule has 1 saturated heterocycles. The molecule has 0 unspecified atom stereocenters. The number of carboxylic acids is 2. The van der Waals surface area contributed by atoms with E-state index in [0.29, 0.717) is 108 Å². The summed E-state index contributed by atoms with van der Waals surface area (Å²) < 4.78 is 122. The molecule has 0 saturated carbocycles. The average Bonchev–Trinajstić information content (AvgIpc) is 1.64. The van der Waals surface area contributed by atoms with Crippen LogP contribution in [0.3, 0.4) is 0 Å². The Morgan fingerprint density at radius 3 is 1.15 bits per heavy atom. The summed E-state index contributed by atoms with van der Waals surface area (Å²) in [6, 6.07) is 15.5. The fourth-order valence-electron chi connectivity index (χ4n) is 8.89. The Hall–Kier alpha value is -8.56. The van der Waals surface area contributed by atoms with Gasteiger partial charge >= 0.3 is 50.6 Å². The number of halogens is 1. The first-order chi connectivity index (χ1) is 68.9. The summed E-state index contributed by atoms with van der Waals surface area (Å²) in [7, 11) is -6.49. The van der Waals surface area contributed by atoms with E-state index in [0.717, 1.165) is 17.0 Å². The molecule has 0 bridgehead atoms. The number of fused-ring (bicyclic) bond motifs is 1. The molecule has 52 nitrogen and oxygen atoms in total. The SMILES string of the molecule is C=CC(=O)OCCOCCO.CCO[Si](CCC(=O)OCCOCCO)(OCC)OCC.Cc1ccc(S(=O)(=O)OCCOCCO)cc1.N#CCCOCCO.O=C(CCCC(=O)ON1C(=O)CCC1=O)OCCOCCO.O=C(O)CCCC(=O)OCCOCCO.O=C(O)COCCOCCO.O=C1c2ccccc2C(=O)N1CCOCCO.O=CCOCCO.OCCOCCBr.OCCOCCO. The monoisotopic (exact) mass is 2170 g/mol. The van der Waals surface area contributed by atoms with E-state index >= 15 is 0 Å². The Balaban J connectivity index is -0.000000291. The Morgan fingerprint density at radius 1 is 0.434 bits per heavy atom. The van der Waals surface area contributed by atoms with Gasteiger partial charge in [-0.25, -0.2) is 14.4 Å². The van der Waals surface area contributed by atoms with Crippen LogP contribution < -0.4 is 0 Å². The quantitative estimate of drug-likeness (QED) is 0.00408. The van der Waals surface area contributed by atoms with Gasteiger partial charge in [-0.05, 0) is 64.8 Å². The third-order valence-corrected chi connectivity index (χ3v) is 19.6. The van der Waals surface area contributed by atoms with Crippen molar-refractivity contribution in [3.8, 4) is 6.07 Å². The smallest absolute Gasteiger partial charge is 0.481 e. The topological polar surface area (TPSA) is 746 Å². The molecule has 2 heterocycles. The lowest BCUT2D eigenvalue weighted by Gasteiger charge is -2.28. The number of aliphatic hydroxyl groups is 12. The molecule has 55 heteroatoms. The number of nitrogens with zero attached hydrogens (tertiary/aromatic N) is 3. The maximum atomic E-state index is 11.9.